The zero-order valence-corrected chi connectivity index (χ0v) is 17.2. The van der Waals surface area contributed by atoms with Crippen molar-refractivity contribution in [1.29, 1.82) is 0 Å². The second kappa shape index (κ2) is 8.93. The molecule has 4 rings (SSSR count). The molecule has 7 heteroatoms. The molecule has 4 aromatic rings. The Kier molecular flexibility index (Phi) is 5.91. The van der Waals surface area contributed by atoms with Gasteiger partial charge in [-0.25, -0.2) is 4.79 Å². The summed E-state index contributed by atoms with van der Waals surface area (Å²) in [4.78, 5) is 25.2. The van der Waals surface area contributed by atoms with Gasteiger partial charge in [-0.2, -0.15) is 0 Å². The fourth-order valence-electron chi connectivity index (χ4n) is 2.93. The van der Waals surface area contributed by atoms with Gasteiger partial charge in [-0.3, -0.25) is 4.79 Å². The van der Waals surface area contributed by atoms with Crippen LogP contribution in [0.25, 0.3) is 11.0 Å². The minimum Gasteiger partial charge on any atom is -0.490 e. The van der Waals surface area contributed by atoms with E-state index in [-0.39, 0.29) is 27.9 Å². The molecular weight excluding hydrogens is 420 g/mol. The second-order valence-electron chi connectivity index (χ2n) is 6.47. The molecule has 0 radical (unpaired) electrons. The van der Waals surface area contributed by atoms with E-state index in [1.54, 1.807) is 36.4 Å². The summed E-state index contributed by atoms with van der Waals surface area (Å²) in [5.74, 6) is 0.604. The molecule has 31 heavy (non-hydrogen) atoms. The molecule has 0 spiro atoms. The molecule has 3 aromatic carbocycles. The highest BCUT2D eigenvalue weighted by Gasteiger charge is 2.14. The molecule has 0 fully saturated rings. The first-order chi connectivity index (χ1) is 15.0. The summed E-state index contributed by atoms with van der Waals surface area (Å²) in [7, 11) is 0. The van der Waals surface area contributed by atoms with E-state index in [0.29, 0.717) is 28.7 Å². The van der Waals surface area contributed by atoms with Crippen LogP contribution < -0.4 is 19.6 Å². The van der Waals surface area contributed by atoms with E-state index >= 15 is 0 Å². The minimum absolute atomic E-state index is 0.0170. The van der Waals surface area contributed by atoms with Gasteiger partial charge in [0.05, 0.1) is 17.6 Å². The summed E-state index contributed by atoms with van der Waals surface area (Å²) in [6.45, 7) is 2.32. The van der Waals surface area contributed by atoms with E-state index in [1.165, 1.54) is 30.5 Å². The normalized spacial score (nSPS) is 10.6. The lowest BCUT2D eigenvalue weighted by atomic mass is 10.2. The highest BCUT2D eigenvalue weighted by Crippen LogP contribution is 2.31. The molecule has 0 saturated carbocycles. The summed E-state index contributed by atoms with van der Waals surface area (Å²) in [6, 6.07) is 18.0. The van der Waals surface area contributed by atoms with Gasteiger partial charge in [-0.15, -0.1) is 0 Å². The molecule has 0 aliphatic carbocycles. The Morgan fingerprint density at radius 3 is 2.55 bits per heavy atom. The average molecular weight is 437 g/mol. The fourth-order valence-corrected chi connectivity index (χ4v) is 3.12. The lowest BCUT2D eigenvalue weighted by Crippen LogP contribution is -2.09. The molecule has 0 N–H and O–H groups in total. The number of hydrogen-bond donors (Lipinski definition) is 0. The van der Waals surface area contributed by atoms with E-state index in [2.05, 4.69) is 0 Å². The van der Waals surface area contributed by atoms with Crippen LogP contribution in [0.1, 0.15) is 17.3 Å². The number of esters is 1. The summed E-state index contributed by atoms with van der Waals surface area (Å²) in [5.41, 5.74) is 0.206. The summed E-state index contributed by atoms with van der Waals surface area (Å²) >= 11 is 5.91. The number of carbonyl (C=O) groups excluding carboxylic acids is 1. The largest absolute Gasteiger partial charge is 0.490 e. The molecule has 0 saturated heterocycles. The summed E-state index contributed by atoms with van der Waals surface area (Å²) in [5, 5.41) is 0.714. The molecule has 0 amide bonds. The second-order valence-corrected chi connectivity index (χ2v) is 6.91. The van der Waals surface area contributed by atoms with Crippen LogP contribution in [-0.4, -0.2) is 12.6 Å². The Hall–Kier alpha value is -3.77. The maximum absolute atomic E-state index is 12.8. The number of benzene rings is 3. The molecule has 1 aromatic heterocycles. The maximum Gasteiger partial charge on any atom is 0.343 e. The predicted molar refractivity (Wildman–Crippen MR) is 117 cm³/mol. The van der Waals surface area contributed by atoms with E-state index in [0.717, 1.165) is 0 Å². The van der Waals surface area contributed by atoms with E-state index in [9.17, 15) is 9.59 Å². The number of ether oxygens (including phenoxy) is 3. The van der Waals surface area contributed by atoms with Gasteiger partial charge in [0.2, 0.25) is 11.2 Å². The molecule has 156 valence electrons. The molecule has 1 heterocycles. The van der Waals surface area contributed by atoms with E-state index in [1.807, 2.05) is 13.0 Å². The van der Waals surface area contributed by atoms with Gasteiger partial charge in [-0.05, 0) is 49.4 Å². The number of hydrogen-bond acceptors (Lipinski definition) is 6. The van der Waals surface area contributed by atoms with Gasteiger partial charge in [0.25, 0.3) is 0 Å². The summed E-state index contributed by atoms with van der Waals surface area (Å²) < 4.78 is 22.2. The smallest absolute Gasteiger partial charge is 0.343 e. The first kappa shape index (κ1) is 20.5. The molecule has 0 aliphatic heterocycles. The van der Waals surface area contributed by atoms with Crippen molar-refractivity contribution in [3.63, 3.8) is 0 Å². The molecule has 0 atom stereocenters. The molecule has 6 nitrogen and oxygen atoms in total. The Balaban J connectivity index is 1.60. The van der Waals surface area contributed by atoms with Gasteiger partial charge in [-0.1, -0.05) is 29.8 Å². The maximum atomic E-state index is 12.8. The standard InChI is InChI=1S/C24H17ClO6/c1-2-28-19-8-3-4-9-20(19)31-22-14-29-21-13-17(10-11-18(21)23(22)26)30-24(27)15-6-5-7-16(25)12-15/h3-14H,2H2,1H3. The Morgan fingerprint density at radius 1 is 0.968 bits per heavy atom. The zero-order valence-electron chi connectivity index (χ0n) is 16.5. The Bertz CT molecular complexity index is 1310. The summed E-state index contributed by atoms with van der Waals surface area (Å²) in [6.07, 6.45) is 1.22. The van der Waals surface area contributed by atoms with Crippen LogP contribution in [0.4, 0.5) is 0 Å². The SMILES string of the molecule is CCOc1ccccc1Oc1coc2cc(OC(=O)c3cccc(Cl)c3)ccc2c1=O. The van der Waals surface area contributed by atoms with E-state index in [4.69, 9.17) is 30.2 Å². The van der Waals surface area contributed by atoms with Crippen molar-refractivity contribution in [3.05, 3.63) is 93.8 Å². The topological polar surface area (TPSA) is 75.0 Å². The highest BCUT2D eigenvalue weighted by atomic mass is 35.5. The zero-order chi connectivity index (χ0) is 21.8. The van der Waals surface area contributed by atoms with Crippen molar-refractivity contribution in [1.82, 2.24) is 0 Å². The van der Waals surface area contributed by atoms with Crippen molar-refractivity contribution < 1.29 is 23.4 Å². The molecule has 0 aliphatic rings. The quantitative estimate of drug-likeness (QED) is 0.278. The van der Waals surface area contributed by atoms with Gasteiger partial charge < -0.3 is 18.6 Å². The minimum atomic E-state index is -0.573. The molecule has 0 bridgehead atoms. The fraction of sp³-hybridized carbons (Fsp3) is 0.0833. The van der Waals surface area contributed by atoms with Crippen LogP contribution in [0.15, 0.2) is 82.2 Å². The Labute approximate surface area is 182 Å². The highest BCUT2D eigenvalue weighted by molar-refractivity contribution is 6.30. The van der Waals surface area contributed by atoms with E-state index < -0.39 is 5.97 Å². The third kappa shape index (κ3) is 4.54. The number of fused-ring (bicyclic) bond motifs is 1. The number of carbonyl (C=O) groups is 1. The Morgan fingerprint density at radius 2 is 1.77 bits per heavy atom. The first-order valence-corrected chi connectivity index (χ1v) is 9.86. The lowest BCUT2D eigenvalue weighted by molar-refractivity contribution is 0.0735. The van der Waals surface area contributed by atoms with Crippen LogP contribution in [0.5, 0.6) is 23.0 Å². The van der Waals surface area contributed by atoms with Crippen LogP contribution in [0.3, 0.4) is 0 Å². The van der Waals surface area contributed by atoms with Crippen LogP contribution in [0.2, 0.25) is 5.02 Å². The lowest BCUT2D eigenvalue weighted by Gasteiger charge is -2.11. The van der Waals surface area contributed by atoms with Gasteiger partial charge in [0, 0.05) is 11.1 Å². The molecular formula is C24H17ClO6. The van der Waals surface area contributed by atoms with Crippen molar-refractivity contribution in [2.45, 2.75) is 6.92 Å². The van der Waals surface area contributed by atoms with Gasteiger partial charge in [0.15, 0.2) is 11.5 Å². The predicted octanol–water partition coefficient (Wildman–Crippen LogP) is 5.86. The van der Waals surface area contributed by atoms with Crippen molar-refractivity contribution in [2.24, 2.45) is 0 Å². The van der Waals surface area contributed by atoms with Crippen LogP contribution >= 0.6 is 11.6 Å². The van der Waals surface area contributed by atoms with Gasteiger partial charge in [0.1, 0.15) is 17.6 Å². The van der Waals surface area contributed by atoms with Crippen molar-refractivity contribution >= 4 is 28.5 Å². The van der Waals surface area contributed by atoms with Crippen molar-refractivity contribution in [2.75, 3.05) is 6.61 Å². The number of para-hydroxylation sites is 2. The van der Waals surface area contributed by atoms with Crippen LogP contribution in [0, 0.1) is 0 Å². The third-order valence-corrected chi connectivity index (χ3v) is 4.59. The van der Waals surface area contributed by atoms with Gasteiger partial charge >= 0.3 is 5.97 Å². The number of halogens is 1. The van der Waals surface area contributed by atoms with Crippen molar-refractivity contribution in [3.8, 4) is 23.0 Å². The first-order valence-electron chi connectivity index (χ1n) is 9.48. The van der Waals surface area contributed by atoms with Crippen LogP contribution in [-0.2, 0) is 0 Å². The average Bonchev–Trinajstić information content (AvgIpc) is 2.77. The third-order valence-electron chi connectivity index (χ3n) is 4.35. The number of rotatable bonds is 6. The monoisotopic (exact) mass is 436 g/mol. The molecule has 0 unspecified atom stereocenters.